The van der Waals surface area contributed by atoms with Gasteiger partial charge in [0, 0.05) is 10.8 Å². The lowest BCUT2D eigenvalue weighted by molar-refractivity contribution is -0.344. The summed E-state index contributed by atoms with van der Waals surface area (Å²) in [6.07, 6.45) is -12.3. The Balaban J connectivity index is 0.000000250. The van der Waals surface area contributed by atoms with Gasteiger partial charge in [0.2, 0.25) is 11.6 Å². The molecule has 0 aliphatic heterocycles. The predicted molar refractivity (Wildman–Crippen MR) is 128 cm³/mol. The Bertz CT molecular complexity index is 1230. The van der Waals surface area contributed by atoms with Gasteiger partial charge in [-0.15, -0.1) is 0 Å². The van der Waals surface area contributed by atoms with Gasteiger partial charge in [0.1, 0.15) is 11.6 Å². The van der Waals surface area contributed by atoms with E-state index in [2.05, 4.69) is 0 Å². The van der Waals surface area contributed by atoms with Crippen molar-refractivity contribution in [3.63, 3.8) is 0 Å². The Labute approximate surface area is 253 Å². The van der Waals surface area contributed by atoms with Crippen LogP contribution in [0.4, 0.5) is 61.5 Å². The number of halogens is 14. The van der Waals surface area contributed by atoms with E-state index >= 15 is 0 Å². The number of hydrogen-bond donors (Lipinski definition) is 0. The second-order valence-electron chi connectivity index (χ2n) is 14.1. The molecule has 0 amide bonds. The van der Waals surface area contributed by atoms with Crippen LogP contribution < -0.4 is 0 Å². The molecule has 6 atom stereocenters. The van der Waals surface area contributed by atoms with Crippen molar-refractivity contribution in [2.24, 2.45) is 45.3 Å². The Kier molecular flexibility index (Phi) is 8.38. The van der Waals surface area contributed by atoms with Crippen molar-refractivity contribution >= 4 is 23.1 Å². The van der Waals surface area contributed by atoms with Crippen molar-refractivity contribution in [2.75, 3.05) is 0 Å². The summed E-state index contributed by atoms with van der Waals surface area (Å²) in [7, 11) is 0. The monoisotopic (exact) mass is 696 g/mol. The summed E-state index contributed by atoms with van der Waals surface area (Å²) in [6.45, 7) is 9.02. The first-order valence-corrected chi connectivity index (χ1v) is 13.9. The van der Waals surface area contributed by atoms with E-state index in [0.717, 1.165) is 0 Å². The molecule has 0 saturated heterocycles. The lowest BCUT2D eigenvalue weighted by Gasteiger charge is -2.32. The molecule has 0 aromatic rings. The zero-order chi connectivity index (χ0) is 36.4. The summed E-state index contributed by atoms with van der Waals surface area (Å²) < 4.78 is 180. The van der Waals surface area contributed by atoms with E-state index < -0.39 is 105 Å². The van der Waals surface area contributed by atoms with E-state index in [1.165, 1.54) is 41.5 Å². The van der Waals surface area contributed by atoms with Crippen LogP contribution in [0.25, 0.3) is 0 Å². The average Bonchev–Trinajstić information content (AvgIpc) is 3.37. The highest BCUT2D eigenvalue weighted by atomic mass is 19.4. The molecule has 4 rings (SSSR count). The molecule has 0 radical (unpaired) electrons. The summed E-state index contributed by atoms with van der Waals surface area (Å²) in [5, 5.41) is 0. The van der Waals surface area contributed by atoms with Crippen molar-refractivity contribution in [2.45, 2.75) is 103 Å². The Morgan fingerprint density at radius 3 is 0.935 bits per heavy atom. The molecule has 4 saturated carbocycles. The fraction of sp³-hybridized carbons (Fsp3) is 0.857. The fourth-order valence-electron chi connectivity index (χ4n) is 7.83. The Morgan fingerprint density at radius 1 is 0.522 bits per heavy atom. The number of alkyl halides is 14. The predicted octanol–water partition coefficient (Wildman–Crippen LogP) is 8.06. The lowest BCUT2D eigenvalue weighted by Crippen LogP contribution is -2.59. The molecule has 4 fully saturated rings. The number of carbonyl (C=O) groups is 4. The van der Waals surface area contributed by atoms with E-state index in [1.54, 1.807) is 0 Å². The highest BCUT2D eigenvalue weighted by Crippen LogP contribution is 2.68. The number of fused-ring (bicyclic) bond motifs is 4. The molecule has 6 unspecified atom stereocenters. The van der Waals surface area contributed by atoms with Gasteiger partial charge in [-0.1, -0.05) is 41.5 Å². The summed E-state index contributed by atoms with van der Waals surface area (Å²) >= 11 is 0. The second-order valence-corrected chi connectivity index (χ2v) is 14.1. The van der Waals surface area contributed by atoms with Crippen molar-refractivity contribution in [1.82, 2.24) is 0 Å². The van der Waals surface area contributed by atoms with Crippen molar-refractivity contribution in [3.05, 3.63) is 0 Å². The lowest BCUT2D eigenvalue weighted by atomic mass is 9.70. The molecular weight excluding hydrogens is 666 g/mol. The van der Waals surface area contributed by atoms with Crippen LogP contribution >= 0.6 is 0 Å². The Morgan fingerprint density at radius 2 is 0.761 bits per heavy atom. The minimum absolute atomic E-state index is 0.152. The minimum atomic E-state index is -6.59. The highest BCUT2D eigenvalue weighted by Gasteiger charge is 2.81. The van der Waals surface area contributed by atoms with Crippen LogP contribution in [0.5, 0.6) is 0 Å². The van der Waals surface area contributed by atoms with Crippen LogP contribution in [0.1, 0.15) is 67.2 Å². The normalized spacial score (nSPS) is 34.1. The summed E-state index contributed by atoms with van der Waals surface area (Å²) in [4.78, 5) is 48.3. The summed E-state index contributed by atoms with van der Waals surface area (Å²) in [6, 6.07) is 0. The highest BCUT2D eigenvalue weighted by molar-refractivity contribution is 6.11. The smallest absolute Gasteiger partial charge is 0.298 e. The van der Waals surface area contributed by atoms with E-state index in [4.69, 9.17) is 0 Å². The van der Waals surface area contributed by atoms with Gasteiger partial charge in [-0.3, -0.25) is 19.2 Å². The molecule has 4 bridgehead atoms. The van der Waals surface area contributed by atoms with E-state index in [1.807, 2.05) is 0 Å². The van der Waals surface area contributed by atoms with E-state index in [9.17, 15) is 80.6 Å². The maximum atomic E-state index is 13.6. The fourth-order valence-corrected chi connectivity index (χ4v) is 7.83. The van der Waals surface area contributed by atoms with Gasteiger partial charge in [-0.2, -0.15) is 61.5 Å². The first-order chi connectivity index (χ1) is 20.1. The SMILES string of the molecule is CC12CCC(C(C(=O)C(F)(F)C(F)(F)C(F)(F)F)C1=O)C2(C)C.CC12CCC(C(C(=O)C(F)(F)C(F)(F)C(F)(F)F)C1=O)C2(C)C. The maximum absolute atomic E-state index is 13.6. The molecule has 0 N–H and O–H groups in total. The molecule has 264 valence electrons. The van der Waals surface area contributed by atoms with Gasteiger partial charge in [0.25, 0.3) is 0 Å². The second kappa shape index (κ2) is 10.1. The first-order valence-electron chi connectivity index (χ1n) is 13.9. The van der Waals surface area contributed by atoms with Gasteiger partial charge >= 0.3 is 36.0 Å². The van der Waals surface area contributed by atoms with Gasteiger partial charge in [0.05, 0.1) is 11.8 Å². The van der Waals surface area contributed by atoms with Crippen LogP contribution in [0.15, 0.2) is 0 Å². The third-order valence-corrected chi connectivity index (χ3v) is 11.8. The molecule has 0 aromatic heterocycles. The Hall–Kier alpha value is -2.30. The maximum Gasteiger partial charge on any atom is 0.460 e. The van der Waals surface area contributed by atoms with Crippen molar-refractivity contribution in [3.8, 4) is 0 Å². The quantitative estimate of drug-likeness (QED) is 0.208. The van der Waals surface area contributed by atoms with Crippen LogP contribution in [0, 0.1) is 45.3 Å². The molecule has 0 heterocycles. The van der Waals surface area contributed by atoms with Gasteiger partial charge in [-0.25, -0.2) is 0 Å². The molecule has 46 heavy (non-hydrogen) atoms. The largest absolute Gasteiger partial charge is 0.460 e. The standard InChI is InChI=1S/2C14H15F7O2/c2*1-10(2)6-4-5-11(10,3)8(22)7(6)9(23)12(15,16)13(17,18)14(19,20)21/h2*6-7H,4-5H2,1-3H3. The van der Waals surface area contributed by atoms with Crippen LogP contribution in [-0.2, 0) is 19.2 Å². The van der Waals surface area contributed by atoms with Crippen molar-refractivity contribution in [1.29, 1.82) is 0 Å². The zero-order valence-corrected chi connectivity index (χ0v) is 25.1. The minimum Gasteiger partial charge on any atom is -0.298 e. The summed E-state index contributed by atoms with van der Waals surface area (Å²) in [5.41, 5.74) is -4.20. The van der Waals surface area contributed by atoms with Crippen molar-refractivity contribution < 1.29 is 80.6 Å². The van der Waals surface area contributed by atoms with E-state index in [0.29, 0.717) is 0 Å². The molecule has 4 nitrogen and oxygen atoms in total. The van der Waals surface area contributed by atoms with Gasteiger partial charge < -0.3 is 0 Å². The summed E-state index contributed by atoms with van der Waals surface area (Å²) in [5.74, 6) is -38.4. The molecule has 4 aliphatic rings. The van der Waals surface area contributed by atoms with E-state index in [-0.39, 0.29) is 25.7 Å². The molecule has 0 aromatic carbocycles. The average molecular weight is 697 g/mol. The number of carbonyl (C=O) groups excluding carboxylic acids is 4. The molecular formula is C28H30F14O4. The number of ketones is 4. The van der Waals surface area contributed by atoms with Gasteiger partial charge in [0.15, 0.2) is 0 Å². The van der Waals surface area contributed by atoms with Crippen LogP contribution in [0.2, 0.25) is 0 Å². The topological polar surface area (TPSA) is 68.3 Å². The molecule has 18 heteroatoms. The number of Topliss-reactive ketones (excluding diaryl/α,β-unsaturated/α-hetero) is 4. The first kappa shape index (κ1) is 38.2. The van der Waals surface area contributed by atoms with Crippen LogP contribution in [-0.4, -0.2) is 59.2 Å². The molecule has 4 aliphatic carbocycles. The number of rotatable bonds is 6. The number of hydrogen-bond acceptors (Lipinski definition) is 4. The third-order valence-electron chi connectivity index (χ3n) is 11.8. The third kappa shape index (κ3) is 4.51. The van der Waals surface area contributed by atoms with Gasteiger partial charge in [-0.05, 0) is 48.3 Å². The zero-order valence-electron chi connectivity index (χ0n) is 25.1. The molecule has 0 spiro atoms. The van der Waals surface area contributed by atoms with Crippen LogP contribution in [0.3, 0.4) is 0 Å².